The first-order valence-electron chi connectivity index (χ1n) is 10.6. The summed E-state index contributed by atoms with van der Waals surface area (Å²) in [6.45, 7) is -0.315. The van der Waals surface area contributed by atoms with E-state index >= 15 is 0 Å². The van der Waals surface area contributed by atoms with Gasteiger partial charge in [0.1, 0.15) is 24.6 Å². The highest BCUT2D eigenvalue weighted by molar-refractivity contribution is 5.95. The first kappa shape index (κ1) is 21.1. The molecule has 8 nitrogen and oxygen atoms in total. The van der Waals surface area contributed by atoms with Crippen molar-refractivity contribution in [2.75, 3.05) is 18.5 Å². The Balaban J connectivity index is 1.62. The SMILES string of the molecule is N#Cc1cccc(-c2ccc(C3COc4cccc5c(O)c(NCC(=O)O)c(=O)n3c45)cc2)c1. The minimum atomic E-state index is -1.15. The predicted octanol–water partition coefficient (Wildman–Crippen LogP) is 3.72. The number of aromatic hydroxyl groups is 1. The molecule has 0 spiro atoms. The van der Waals surface area contributed by atoms with E-state index in [2.05, 4.69) is 11.4 Å². The third kappa shape index (κ3) is 3.49. The molecular formula is C26H19N3O5. The lowest BCUT2D eigenvalue weighted by molar-refractivity contribution is -0.134. The summed E-state index contributed by atoms with van der Waals surface area (Å²) in [5.41, 5.74) is 2.96. The molecule has 0 saturated heterocycles. The van der Waals surface area contributed by atoms with Crippen molar-refractivity contribution in [2.45, 2.75) is 6.04 Å². The van der Waals surface area contributed by atoms with E-state index in [1.165, 1.54) is 0 Å². The van der Waals surface area contributed by atoms with Gasteiger partial charge in [0.15, 0.2) is 5.75 Å². The number of rotatable bonds is 5. The zero-order chi connectivity index (χ0) is 23.8. The second kappa shape index (κ2) is 8.30. The molecular weight excluding hydrogens is 434 g/mol. The number of carboxylic acid groups (broad SMARTS) is 1. The number of nitriles is 1. The lowest BCUT2D eigenvalue weighted by Crippen LogP contribution is -2.34. The number of carboxylic acids is 1. The number of nitrogens with zero attached hydrogens (tertiary/aromatic N) is 2. The molecule has 1 atom stereocenters. The number of para-hydroxylation sites is 1. The number of hydrogen-bond acceptors (Lipinski definition) is 6. The third-order valence-electron chi connectivity index (χ3n) is 5.91. The minimum Gasteiger partial charge on any atom is -0.505 e. The van der Waals surface area contributed by atoms with Crippen molar-refractivity contribution >= 4 is 22.6 Å². The number of anilines is 1. The van der Waals surface area contributed by atoms with E-state index in [4.69, 9.17) is 15.1 Å². The van der Waals surface area contributed by atoms with E-state index < -0.39 is 24.1 Å². The van der Waals surface area contributed by atoms with Crippen LogP contribution in [-0.2, 0) is 4.79 Å². The number of ether oxygens (including phenoxy) is 1. The van der Waals surface area contributed by atoms with Crippen molar-refractivity contribution in [1.82, 2.24) is 4.57 Å². The number of pyridine rings is 1. The molecule has 3 aromatic carbocycles. The van der Waals surface area contributed by atoms with Crippen molar-refractivity contribution in [1.29, 1.82) is 5.26 Å². The average Bonchev–Trinajstić information content (AvgIpc) is 2.86. The number of hydrogen-bond donors (Lipinski definition) is 3. The van der Waals surface area contributed by atoms with Gasteiger partial charge in [0.05, 0.1) is 23.2 Å². The molecule has 1 aromatic heterocycles. The molecule has 3 N–H and O–H groups in total. The Hall–Kier alpha value is -4.77. The van der Waals surface area contributed by atoms with E-state index in [9.17, 15) is 14.7 Å². The van der Waals surface area contributed by atoms with Crippen molar-refractivity contribution in [3.05, 3.63) is 88.2 Å². The molecule has 0 radical (unpaired) electrons. The summed E-state index contributed by atoms with van der Waals surface area (Å²) in [6, 6.07) is 21.7. The normalized spacial score (nSPS) is 14.3. The highest BCUT2D eigenvalue weighted by Gasteiger charge is 2.29. The summed E-state index contributed by atoms with van der Waals surface area (Å²) in [4.78, 5) is 24.5. The molecule has 0 saturated carbocycles. The lowest BCUT2D eigenvalue weighted by atomic mass is 9.98. The quantitative estimate of drug-likeness (QED) is 0.421. The molecule has 168 valence electrons. The number of carbonyl (C=O) groups is 1. The average molecular weight is 453 g/mol. The van der Waals surface area contributed by atoms with E-state index in [0.29, 0.717) is 22.2 Å². The van der Waals surface area contributed by atoms with Crippen molar-refractivity contribution in [2.24, 2.45) is 0 Å². The van der Waals surface area contributed by atoms with Gasteiger partial charge < -0.3 is 20.3 Å². The fourth-order valence-electron chi connectivity index (χ4n) is 4.31. The standard InChI is InChI=1S/C26H19N3O5/c27-12-15-3-1-4-18(11-15)16-7-9-17(10-8-16)20-14-34-21-6-2-5-19-24(21)29(20)26(33)23(25(19)32)28-13-22(30)31/h1-11,20,28,32H,13-14H2,(H,30,31). The molecule has 4 aromatic rings. The van der Waals surface area contributed by atoms with Crippen LogP contribution in [0.5, 0.6) is 11.5 Å². The molecule has 0 amide bonds. The molecule has 0 fully saturated rings. The summed E-state index contributed by atoms with van der Waals surface area (Å²) < 4.78 is 7.48. The number of nitrogens with one attached hydrogen (secondary N) is 1. The Labute approximate surface area is 193 Å². The topological polar surface area (TPSA) is 125 Å². The van der Waals surface area contributed by atoms with Crippen LogP contribution in [0.25, 0.3) is 22.0 Å². The maximum absolute atomic E-state index is 13.4. The second-order valence-electron chi connectivity index (χ2n) is 7.94. The Morgan fingerprint density at radius 2 is 1.88 bits per heavy atom. The second-order valence-corrected chi connectivity index (χ2v) is 7.94. The first-order chi connectivity index (χ1) is 16.5. The fourth-order valence-corrected chi connectivity index (χ4v) is 4.31. The molecule has 5 rings (SSSR count). The van der Waals surface area contributed by atoms with Crippen LogP contribution in [0, 0.1) is 11.3 Å². The highest BCUT2D eigenvalue weighted by atomic mass is 16.5. The van der Waals surface area contributed by atoms with Gasteiger partial charge in [0.25, 0.3) is 5.56 Å². The van der Waals surface area contributed by atoms with Crippen LogP contribution >= 0.6 is 0 Å². The van der Waals surface area contributed by atoms with Crippen LogP contribution in [0.15, 0.2) is 71.5 Å². The van der Waals surface area contributed by atoms with Crippen LogP contribution in [0.3, 0.4) is 0 Å². The molecule has 0 bridgehead atoms. The van der Waals surface area contributed by atoms with E-state index in [1.807, 2.05) is 42.5 Å². The van der Waals surface area contributed by atoms with Crippen LogP contribution in [0.2, 0.25) is 0 Å². The van der Waals surface area contributed by atoms with Gasteiger partial charge >= 0.3 is 5.97 Å². The Morgan fingerprint density at radius 3 is 2.62 bits per heavy atom. The summed E-state index contributed by atoms with van der Waals surface area (Å²) in [5, 5.41) is 31.9. The van der Waals surface area contributed by atoms with Crippen molar-refractivity contribution in [3.63, 3.8) is 0 Å². The van der Waals surface area contributed by atoms with Crippen molar-refractivity contribution < 1.29 is 19.7 Å². The molecule has 0 aliphatic carbocycles. The van der Waals surface area contributed by atoms with Gasteiger partial charge in [-0.15, -0.1) is 0 Å². The highest BCUT2D eigenvalue weighted by Crippen LogP contribution is 2.40. The van der Waals surface area contributed by atoms with Gasteiger partial charge in [0.2, 0.25) is 0 Å². The number of benzene rings is 3. The van der Waals surface area contributed by atoms with E-state index in [1.54, 1.807) is 28.8 Å². The summed E-state index contributed by atoms with van der Waals surface area (Å²) in [6.07, 6.45) is 0. The third-order valence-corrected chi connectivity index (χ3v) is 5.91. The summed E-state index contributed by atoms with van der Waals surface area (Å²) in [7, 11) is 0. The van der Waals surface area contributed by atoms with Crippen molar-refractivity contribution in [3.8, 4) is 28.7 Å². The van der Waals surface area contributed by atoms with Gasteiger partial charge in [-0.1, -0.05) is 42.5 Å². The molecule has 34 heavy (non-hydrogen) atoms. The maximum Gasteiger partial charge on any atom is 0.322 e. The van der Waals surface area contributed by atoms with Gasteiger partial charge in [0, 0.05) is 5.39 Å². The molecule has 1 aliphatic rings. The van der Waals surface area contributed by atoms with Crippen LogP contribution < -0.4 is 15.6 Å². The number of aliphatic carboxylic acids is 1. The van der Waals surface area contributed by atoms with Gasteiger partial charge in [-0.05, 0) is 41.0 Å². The van der Waals surface area contributed by atoms with Crippen LogP contribution in [-0.4, -0.2) is 33.9 Å². The van der Waals surface area contributed by atoms with Gasteiger partial charge in [-0.2, -0.15) is 5.26 Å². The zero-order valence-electron chi connectivity index (χ0n) is 17.9. The largest absolute Gasteiger partial charge is 0.505 e. The Bertz CT molecular complexity index is 1530. The molecule has 1 aliphatic heterocycles. The van der Waals surface area contributed by atoms with E-state index in [-0.39, 0.29) is 18.0 Å². The number of aromatic nitrogens is 1. The summed E-state index contributed by atoms with van der Waals surface area (Å²) in [5.74, 6) is -0.991. The lowest BCUT2D eigenvalue weighted by Gasteiger charge is -2.29. The first-order valence-corrected chi connectivity index (χ1v) is 10.6. The minimum absolute atomic E-state index is 0.163. The monoisotopic (exact) mass is 453 g/mol. The molecule has 8 heteroatoms. The fraction of sp³-hybridized carbons (Fsp3) is 0.115. The molecule has 1 unspecified atom stereocenters. The zero-order valence-corrected chi connectivity index (χ0v) is 17.9. The van der Waals surface area contributed by atoms with E-state index in [0.717, 1.165) is 16.7 Å². The van der Waals surface area contributed by atoms with Crippen LogP contribution in [0.4, 0.5) is 5.69 Å². The smallest absolute Gasteiger partial charge is 0.322 e. The summed E-state index contributed by atoms with van der Waals surface area (Å²) >= 11 is 0. The maximum atomic E-state index is 13.4. The molecule has 2 heterocycles. The Kier molecular flexibility index (Phi) is 5.15. The van der Waals surface area contributed by atoms with Gasteiger partial charge in [-0.3, -0.25) is 14.2 Å². The van der Waals surface area contributed by atoms with Crippen LogP contribution in [0.1, 0.15) is 17.2 Å². The Morgan fingerprint density at radius 1 is 1.12 bits per heavy atom. The van der Waals surface area contributed by atoms with Gasteiger partial charge in [-0.25, -0.2) is 0 Å². The predicted molar refractivity (Wildman–Crippen MR) is 126 cm³/mol.